The van der Waals surface area contributed by atoms with Crippen LogP contribution in [0.1, 0.15) is 68.6 Å². The Morgan fingerprint density at radius 2 is 2.10 bits per heavy atom. The first-order chi connectivity index (χ1) is 14.5. The maximum Gasteiger partial charge on any atom is 0.263 e. The first-order valence-electron chi connectivity index (χ1n) is 10.4. The molecule has 1 N–H and O–H groups in total. The van der Waals surface area contributed by atoms with Crippen molar-refractivity contribution in [2.24, 2.45) is 0 Å². The minimum absolute atomic E-state index is 0.0867. The highest BCUT2D eigenvalue weighted by Crippen LogP contribution is 2.35. The monoisotopic (exact) mass is 462 g/mol. The normalized spacial score (nSPS) is 15.0. The van der Waals surface area contributed by atoms with E-state index in [9.17, 15) is 9.59 Å². The molecule has 1 aliphatic carbocycles. The van der Waals surface area contributed by atoms with Crippen molar-refractivity contribution in [3.8, 4) is 0 Å². The molecule has 3 heterocycles. The number of rotatable bonds is 6. The van der Waals surface area contributed by atoms with Gasteiger partial charge in [-0.25, -0.2) is 9.97 Å². The number of thiazole rings is 1. The van der Waals surface area contributed by atoms with Gasteiger partial charge in [-0.3, -0.25) is 14.2 Å². The van der Waals surface area contributed by atoms with Gasteiger partial charge in [0.2, 0.25) is 5.91 Å². The number of thioether (sulfide) groups is 1. The molecule has 0 aromatic carbocycles. The second kappa shape index (κ2) is 9.20. The summed E-state index contributed by atoms with van der Waals surface area (Å²) >= 11 is 4.66. The fourth-order valence-electron chi connectivity index (χ4n) is 3.77. The van der Waals surface area contributed by atoms with Crippen LogP contribution in [0.4, 0.5) is 5.13 Å². The van der Waals surface area contributed by atoms with E-state index in [0.717, 1.165) is 46.8 Å². The number of carbonyl (C=O) groups excluding carboxylic acids is 1. The number of aryl methyl sites for hydroxylation is 2. The van der Waals surface area contributed by atoms with Gasteiger partial charge in [0.1, 0.15) is 4.83 Å². The summed E-state index contributed by atoms with van der Waals surface area (Å²) < 4.78 is 1.88. The van der Waals surface area contributed by atoms with Crippen LogP contribution >= 0.6 is 34.4 Å². The number of nitrogens with one attached hydrogen (secondary N) is 1. The van der Waals surface area contributed by atoms with Crippen molar-refractivity contribution in [1.82, 2.24) is 14.5 Å². The molecule has 1 unspecified atom stereocenters. The largest absolute Gasteiger partial charge is 0.302 e. The standard InChI is InChI=1S/C21H26N4O2S3/c1-4-12(2)25-19(27)17-15-8-6-5-7-9-16(15)30-18(17)24-21(25)29-11-14-10-28-20(23-14)22-13(3)26/h10,12H,4-9,11H2,1-3H3,(H,22,23,26). The number of fused-ring (bicyclic) bond motifs is 3. The zero-order valence-corrected chi connectivity index (χ0v) is 19.9. The van der Waals surface area contributed by atoms with E-state index in [2.05, 4.69) is 24.1 Å². The van der Waals surface area contributed by atoms with Crippen molar-refractivity contribution in [2.45, 2.75) is 76.2 Å². The summed E-state index contributed by atoms with van der Waals surface area (Å²) in [5.74, 6) is 0.481. The lowest BCUT2D eigenvalue weighted by atomic mass is 10.1. The molecule has 30 heavy (non-hydrogen) atoms. The Kier molecular flexibility index (Phi) is 6.60. The van der Waals surface area contributed by atoms with Crippen molar-refractivity contribution < 1.29 is 4.79 Å². The molecule has 9 heteroatoms. The van der Waals surface area contributed by atoms with E-state index >= 15 is 0 Å². The number of hydrogen-bond acceptors (Lipinski definition) is 7. The van der Waals surface area contributed by atoms with Crippen LogP contribution in [0, 0.1) is 0 Å². The number of hydrogen-bond donors (Lipinski definition) is 1. The Bertz CT molecular complexity index is 1130. The Hall–Kier alpha value is -1.71. The third-order valence-electron chi connectivity index (χ3n) is 5.45. The van der Waals surface area contributed by atoms with Gasteiger partial charge in [-0.1, -0.05) is 25.1 Å². The maximum atomic E-state index is 13.6. The zero-order valence-electron chi connectivity index (χ0n) is 17.5. The lowest BCUT2D eigenvalue weighted by Gasteiger charge is -2.17. The molecule has 3 aromatic rings. The summed E-state index contributed by atoms with van der Waals surface area (Å²) in [5, 5.41) is 6.87. The van der Waals surface area contributed by atoms with Gasteiger partial charge in [0.15, 0.2) is 10.3 Å². The number of nitrogens with zero attached hydrogens (tertiary/aromatic N) is 3. The molecule has 160 valence electrons. The van der Waals surface area contributed by atoms with E-state index in [-0.39, 0.29) is 17.5 Å². The van der Waals surface area contributed by atoms with Crippen molar-refractivity contribution in [3.05, 3.63) is 31.9 Å². The van der Waals surface area contributed by atoms with Gasteiger partial charge in [0, 0.05) is 29.0 Å². The maximum absolute atomic E-state index is 13.6. The van der Waals surface area contributed by atoms with Crippen LogP contribution < -0.4 is 10.9 Å². The third-order valence-corrected chi connectivity index (χ3v) is 8.43. The van der Waals surface area contributed by atoms with Crippen LogP contribution in [0.3, 0.4) is 0 Å². The van der Waals surface area contributed by atoms with Gasteiger partial charge in [0.05, 0.1) is 11.1 Å². The highest BCUT2D eigenvalue weighted by atomic mass is 32.2. The number of carbonyl (C=O) groups is 1. The lowest BCUT2D eigenvalue weighted by molar-refractivity contribution is -0.114. The number of aromatic nitrogens is 3. The first kappa shape index (κ1) is 21.5. The molecule has 1 amide bonds. The van der Waals surface area contributed by atoms with Gasteiger partial charge in [-0.2, -0.15) is 0 Å². The number of thiophene rings is 1. The predicted octanol–water partition coefficient (Wildman–Crippen LogP) is 5.41. The number of anilines is 1. The second-order valence-corrected chi connectivity index (χ2v) is 10.6. The molecule has 0 saturated carbocycles. The Morgan fingerprint density at radius 1 is 1.30 bits per heavy atom. The molecule has 1 atom stereocenters. The van der Waals surface area contributed by atoms with Crippen molar-refractivity contribution in [3.63, 3.8) is 0 Å². The quantitative estimate of drug-likeness (QED) is 0.301. The van der Waals surface area contributed by atoms with Gasteiger partial charge >= 0.3 is 0 Å². The summed E-state index contributed by atoms with van der Waals surface area (Å²) in [6.07, 6.45) is 6.50. The molecule has 0 saturated heterocycles. The van der Waals surface area contributed by atoms with Crippen LogP contribution in [-0.2, 0) is 23.4 Å². The van der Waals surface area contributed by atoms with Crippen molar-refractivity contribution in [1.29, 1.82) is 0 Å². The van der Waals surface area contributed by atoms with Gasteiger partial charge < -0.3 is 5.32 Å². The van der Waals surface area contributed by atoms with E-state index in [4.69, 9.17) is 4.98 Å². The number of amides is 1. The van der Waals surface area contributed by atoms with Crippen molar-refractivity contribution in [2.75, 3.05) is 5.32 Å². The van der Waals surface area contributed by atoms with E-state index in [1.807, 2.05) is 9.95 Å². The zero-order chi connectivity index (χ0) is 21.3. The average Bonchev–Trinajstić information content (AvgIpc) is 3.22. The van der Waals surface area contributed by atoms with Crippen LogP contribution in [0.2, 0.25) is 0 Å². The summed E-state index contributed by atoms with van der Waals surface area (Å²) in [6.45, 7) is 5.66. The highest BCUT2D eigenvalue weighted by molar-refractivity contribution is 7.98. The minimum atomic E-state index is -0.126. The predicted molar refractivity (Wildman–Crippen MR) is 126 cm³/mol. The second-order valence-electron chi connectivity index (χ2n) is 7.69. The molecule has 0 fully saturated rings. The summed E-state index contributed by atoms with van der Waals surface area (Å²) in [4.78, 5) is 36.5. The van der Waals surface area contributed by atoms with Gasteiger partial charge in [0.25, 0.3) is 5.56 Å². The molecule has 0 bridgehead atoms. The highest BCUT2D eigenvalue weighted by Gasteiger charge is 2.23. The molecule has 4 rings (SSSR count). The van der Waals surface area contributed by atoms with Gasteiger partial charge in [-0.05, 0) is 44.6 Å². The fraction of sp³-hybridized carbons (Fsp3) is 0.524. The molecular weight excluding hydrogens is 436 g/mol. The SMILES string of the molecule is CCC(C)n1c(SCc2csc(NC(C)=O)n2)nc2sc3c(c2c1=O)CCCCC3. The Morgan fingerprint density at radius 3 is 2.87 bits per heavy atom. The molecule has 3 aromatic heterocycles. The van der Waals surface area contributed by atoms with E-state index in [0.29, 0.717) is 10.9 Å². The van der Waals surface area contributed by atoms with Gasteiger partial charge in [-0.15, -0.1) is 22.7 Å². The minimum Gasteiger partial charge on any atom is -0.302 e. The van der Waals surface area contributed by atoms with E-state index in [1.165, 1.54) is 41.5 Å². The van der Waals surface area contributed by atoms with Crippen molar-refractivity contribution >= 4 is 55.7 Å². The molecule has 0 radical (unpaired) electrons. The summed E-state index contributed by atoms with van der Waals surface area (Å²) in [5.41, 5.74) is 2.23. The Labute approximate surface area is 188 Å². The van der Waals surface area contributed by atoms with Crippen LogP contribution in [-0.4, -0.2) is 20.4 Å². The molecular formula is C21H26N4O2S3. The third kappa shape index (κ3) is 4.33. The molecule has 6 nitrogen and oxygen atoms in total. The average molecular weight is 463 g/mol. The Balaban J connectivity index is 1.70. The van der Waals surface area contributed by atoms with E-state index < -0.39 is 0 Å². The topological polar surface area (TPSA) is 76.9 Å². The molecule has 0 aliphatic heterocycles. The van der Waals surface area contributed by atoms with Crippen LogP contribution in [0.5, 0.6) is 0 Å². The van der Waals surface area contributed by atoms with Crippen LogP contribution in [0.25, 0.3) is 10.2 Å². The summed E-state index contributed by atoms with van der Waals surface area (Å²) in [7, 11) is 0. The first-order valence-corrected chi connectivity index (χ1v) is 13.1. The molecule has 1 aliphatic rings. The smallest absolute Gasteiger partial charge is 0.263 e. The summed E-state index contributed by atoms with van der Waals surface area (Å²) in [6, 6.07) is 0.0867. The van der Waals surface area contributed by atoms with Crippen LogP contribution in [0.15, 0.2) is 15.3 Å². The van der Waals surface area contributed by atoms with E-state index in [1.54, 1.807) is 23.1 Å². The lowest BCUT2D eigenvalue weighted by Crippen LogP contribution is -2.26. The fourth-order valence-corrected chi connectivity index (χ4v) is 6.92. The molecule has 0 spiro atoms.